The molecule has 0 aromatic heterocycles. The van der Waals surface area contributed by atoms with Crippen molar-refractivity contribution in [3.8, 4) is 0 Å². The first-order valence-corrected chi connectivity index (χ1v) is 8.41. The molecule has 1 amide bonds. The van der Waals surface area contributed by atoms with Gasteiger partial charge < -0.3 is 15.8 Å². The lowest BCUT2D eigenvalue weighted by Gasteiger charge is -2.15. The first kappa shape index (κ1) is 18.8. The molecule has 0 aliphatic heterocycles. The van der Waals surface area contributed by atoms with E-state index in [4.69, 9.17) is 22.1 Å². The molecule has 1 atom stereocenters. The maximum atomic E-state index is 12.1. The Hall–Kier alpha value is -2.53. The van der Waals surface area contributed by atoms with E-state index in [0.717, 1.165) is 17.7 Å². The lowest BCUT2D eigenvalue weighted by atomic mass is 9.97. The van der Waals surface area contributed by atoms with Crippen LogP contribution in [0.1, 0.15) is 42.1 Å². The van der Waals surface area contributed by atoms with E-state index in [2.05, 4.69) is 19.2 Å². The molecule has 6 heteroatoms. The Balaban J connectivity index is 1.97. The summed E-state index contributed by atoms with van der Waals surface area (Å²) in [5, 5.41) is 3.15. The Morgan fingerprint density at radius 3 is 2.64 bits per heavy atom. The number of nitrogens with two attached hydrogens (primary N) is 1. The molecule has 0 heterocycles. The van der Waals surface area contributed by atoms with Crippen molar-refractivity contribution < 1.29 is 14.3 Å². The number of carbonyl (C=O) groups excluding carboxylic acids is 2. The van der Waals surface area contributed by atoms with Crippen molar-refractivity contribution in [1.82, 2.24) is 0 Å². The largest absolute Gasteiger partial charge is 0.452 e. The van der Waals surface area contributed by atoms with Crippen LogP contribution in [-0.2, 0) is 9.53 Å². The molecular formula is C19H21ClN2O3. The number of esters is 1. The van der Waals surface area contributed by atoms with Crippen LogP contribution < -0.4 is 11.1 Å². The van der Waals surface area contributed by atoms with Gasteiger partial charge in [0, 0.05) is 5.69 Å². The molecule has 2 rings (SSSR count). The van der Waals surface area contributed by atoms with Crippen molar-refractivity contribution in [3.63, 3.8) is 0 Å². The van der Waals surface area contributed by atoms with E-state index in [1.165, 1.54) is 18.2 Å². The fraction of sp³-hybridized carbons (Fsp3) is 0.263. The normalized spacial score (nSPS) is 11.6. The van der Waals surface area contributed by atoms with Crippen LogP contribution in [0, 0.1) is 0 Å². The number of halogens is 1. The van der Waals surface area contributed by atoms with Crippen LogP contribution in [0.3, 0.4) is 0 Å². The number of nitrogen functional groups attached to an aromatic ring is 1. The maximum absolute atomic E-state index is 12.1. The quantitative estimate of drug-likeness (QED) is 0.596. The van der Waals surface area contributed by atoms with Gasteiger partial charge in [0.05, 0.1) is 16.3 Å². The summed E-state index contributed by atoms with van der Waals surface area (Å²) in [5.74, 6) is -0.712. The van der Waals surface area contributed by atoms with Crippen molar-refractivity contribution in [3.05, 3.63) is 58.6 Å². The summed E-state index contributed by atoms with van der Waals surface area (Å²) in [6.45, 7) is 3.80. The number of rotatable bonds is 6. The van der Waals surface area contributed by atoms with Crippen LogP contribution in [0.15, 0.2) is 42.5 Å². The highest BCUT2D eigenvalue weighted by Gasteiger charge is 2.14. The Bertz CT molecular complexity index is 777. The molecule has 0 saturated heterocycles. The Kier molecular flexibility index (Phi) is 6.42. The average Bonchev–Trinajstić information content (AvgIpc) is 2.61. The summed E-state index contributed by atoms with van der Waals surface area (Å²) < 4.78 is 5.03. The third-order valence-electron chi connectivity index (χ3n) is 3.94. The summed E-state index contributed by atoms with van der Waals surface area (Å²) in [6.07, 6.45) is 0.958. The number of nitrogens with one attached hydrogen (secondary N) is 1. The van der Waals surface area contributed by atoms with E-state index in [9.17, 15) is 9.59 Å². The standard InChI is InChI=1S/C19H21ClN2O3/c1-3-12(2)14-6-4-5-7-17(14)22-18(23)11-25-19(24)13-8-9-15(20)16(21)10-13/h4-10,12H,3,11,21H2,1-2H3,(H,22,23)/t12-/m1/s1. The zero-order valence-corrected chi connectivity index (χ0v) is 15.0. The number of carbonyl (C=O) groups is 2. The summed E-state index contributed by atoms with van der Waals surface area (Å²) in [5.41, 5.74) is 7.96. The second-order valence-electron chi connectivity index (χ2n) is 5.76. The highest BCUT2D eigenvalue weighted by Crippen LogP contribution is 2.26. The Labute approximate surface area is 152 Å². The summed E-state index contributed by atoms with van der Waals surface area (Å²) in [7, 11) is 0. The predicted molar refractivity (Wildman–Crippen MR) is 99.9 cm³/mol. The summed E-state index contributed by atoms with van der Waals surface area (Å²) >= 11 is 5.81. The molecule has 0 aliphatic rings. The van der Waals surface area contributed by atoms with Crippen molar-refractivity contribution in [1.29, 1.82) is 0 Å². The smallest absolute Gasteiger partial charge is 0.338 e. The maximum Gasteiger partial charge on any atom is 0.338 e. The molecule has 0 radical (unpaired) electrons. The number of para-hydroxylation sites is 1. The van der Waals surface area contributed by atoms with E-state index in [1.54, 1.807) is 0 Å². The Morgan fingerprint density at radius 2 is 1.96 bits per heavy atom. The minimum absolute atomic E-state index is 0.245. The Morgan fingerprint density at radius 1 is 1.24 bits per heavy atom. The van der Waals surface area contributed by atoms with Gasteiger partial charge in [0.25, 0.3) is 5.91 Å². The molecule has 0 saturated carbocycles. The number of benzene rings is 2. The molecular weight excluding hydrogens is 340 g/mol. The number of ether oxygens (including phenoxy) is 1. The molecule has 3 N–H and O–H groups in total. The van der Waals surface area contributed by atoms with Crippen LogP contribution in [0.2, 0.25) is 5.02 Å². The van der Waals surface area contributed by atoms with Gasteiger partial charge in [-0.25, -0.2) is 4.79 Å². The van der Waals surface area contributed by atoms with E-state index < -0.39 is 11.9 Å². The molecule has 25 heavy (non-hydrogen) atoms. The first-order chi connectivity index (χ1) is 11.9. The minimum Gasteiger partial charge on any atom is -0.452 e. The molecule has 2 aromatic carbocycles. The molecule has 0 bridgehead atoms. The second kappa shape index (κ2) is 8.53. The highest BCUT2D eigenvalue weighted by atomic mass is 35.5. The molecule has 2 aromatic rings. The zero-order chi connectivity index (χ0) is 18.4. The second-order valence-corrected chi connectivity index (χ2v) is 6.16. The third kappa shape index (κ3) is 4.97. The predicted octanol–water partition coefficient (Wildman–Crippen LogP) is 4.23. The summed E-state index contributed by atoms with van der Waals surface area (Å²) in [6, 6.07) is 12.0. The lowest BCUT2D eigenvalue weighted by Crippen LogP contribution is -2.21. The number of anilines is 2. The van der Waals surface area contributed by atoms with Crippen LogP contribution in [0.25, 0.3) is 0 Å². The molecule has 0 fully saturated rings. The molecule has 0 aliphatic carbocycles. The number of amides is 1. The minimum atomic E-state index is -0.631. The average molecular weight is 361 g/mol. The van der Waals surface area contributed by atoms with Gasteiger partial charge in [0.1, 0.15) is 0 Å². The van der Waals surface area contributed by atoms with Crippen LogP contribution in [-0.4, -0.2) is 18.5 Å². The molecule has 132 valence electrons. The molecule has 0 spiro atoms. The van der Waals surface area contributed by atoms with Gasteiger partial charge in [-0.15, -0.1) is 0 Å². The van der Waals surface area contributed by atoms with Crippen molar-refractivity contribution in [2.45, 2.75) is 26.2 Å². The van der Waals surface area contributed by atoms with E-state index >= 15 is 0 Å². The highest BCUT2D eigenvalue weighted by molar-refractivity contribution is 6.33. The first-order valence-electron chi connectivity index (χ1n) is 8.03. The third-order valence-corrected chi connectivity index (χ3v) is 4.29. The van der Waals surface area contributed by atoms with E-state index in [0.29, 0.717) is 10.9 Å². The number of hydrogen-bond donors (Lipinski definition) is 2. The fourth-order valence-electron chi connectivity index (χ4n) is 2.33. The van der Waals surface area contributed by atoms with E-state index in [1.807, 2.05) is 24.3 Å². The monoisotopic (exact) mass is 360 g/mol. The van der Waals surface area contributed by atoms with Gasteiger partial charge in [-0.1, -0.05) is 43.6 Å². The molecule has 5 nitrogen and oxygen atoms in total. The van der Waals surface area contributed by atoms with Crippen molar-refractivity contribution in [2.24, 2.45) is 0 Å². The lowest BCUT2D eigenvalue weighted by molar-refractivity contribution is -0.119. The topological polar surface area (TPSA) is 81.4 Å². The van der Waals surface area contributed by atoms with E-state index in [-0.39, 0.29) is 17.9 Å². The van der Waals surface area contributed by atoms with Crippen LogP contribution >= 0.6 is 11.6 Å². The van der Waals surface area contributed by atoms with Crippen LogP contribution in [0.5, 0.6) is 0 Å². The van der Waals surface area contributed by atoms with Crippen molar-refractivity contribution in [2.75, 3.05) is 17.7 Å². The SMILES string of the molecule is CC[C@@H](C)c1ccccc1NC(=O)COC(=O)c1ccc(Cl)c(N)c1. The fourth-order valence-corrected chi connectivity index (χ4v) is 2.45. The van der Waals surface area contributed by atoms with Crippen molar-refractivity contribution >= 4 is 34.9 Å². The number of hydrogen-bond acceptors (Lipinski definition) is 4. The van der Waals surface area contributed by atoms with Gasteiger partial charge in [0.2, 0.25) is 0 Å². The zero-order valence-electron chi connectivity index (χ0n) is 14.2. The van der Waals surface area contributed by atoms with Gasteiger partial charge in [-0.3, -0.25) is 4.79 Å². The van der Waals surface area contributed by atoms with Gasteiger partial charge >= 0.3 is 5.97 Å². The van der Waals surface area contributed by atoms with Crippen LogP contribution in [0.4, 0.5) is 11.4 Å². The molecule has 0 unspecified atom stereocenters. The van der Waals surface area contributed by atoms with Gasteiger partial charge in [-0.2, -0.15) is 0 Å². The van der Waals surface area contributed by atoms with Gasteiger partial charge in [0.15, 0.2) is 6.61 Å². The van der Waals surface area contributed by atoms with Gasteiger partial charge in [-0.05, 0) is 42.2 Å². The summed E-state index contributed by atoms with van der Waals surface area (Å²) in [4.78, 5) is 24.1.